The zero-order valence-corrected chi connectivity index (χ0v) is 10.0. The summed E-state index contributed by atoms with van der Waals surface area (Å²) in [7, 11) is 0. The molecule has 0 aromatic carbocycles. The van der Waals surface area contributed by atoms with Crippen molar-refractivity contribution in [3.05, 3.63) is 32.6 Å². The summed E-state index contributed by atoms with van der Waals surface area (Å²) in [5.41, 5.74) is 0. The molecule has 1 aliphatic heterocycles. The number of fused-ring (bicyclic) bond motifs is 2. The Labute approximate surface area is 91.1 Å². The molecule has 0 radical (unpaired) electrons. The van der Waals surface area contributed by atoms with E-state index in [1.165, 1.54) is 18.7 Å². The topological polar surface area (TPSA) is 0 Å². The van der Waals surface area contributed by atoms with Crippen LogP contribution in [0.1, 0.15) is 9.75 Å². The van der Waals surface area contributed by atoms with E-state index in [0.717, 1.165) is 0 Å². The van der Waals surface area contributed by atoms with E-state index >= 15 is 0 Å². The Hall–Kier alpha value is -0.341. The van der Waals surface area contributed by atoms with Crippen LogP contribution in [0.15, 0.2) is 22.9 Å². The van der Waals surface area contributed by atoms with Gasteiger partial charge in [0.25, 0.3) is 0 Å². The molecule has 0 bridgehead atoms. The Morgan fingerprint density at radius 2 is 1.38 bits per heavy atom. The fourth-order valence-electron chi connectivity index (χ4n) is 1.30. The van der Waals surface area contributed by atoms with Gasteiger partial charge in [0.15, 0.2) is 0 Å². The molecule has 0 saturated heterocycles. The van der Waals surface area contributed by atoms with Crippen LogP contribution in [0.4, 0.5) is 0 Å². The zero-order valence-electron chi connectivity index (χ0n) is 6.69. The van der Waals surface area contributed by atoms with E-state index in [1.807, 2.05) is 22.7 Å². The first-order chi connectivity index (χ1) is 6.43. The van der Waals surface area contributed by atoms with Crippen LogP contribution in [0.3, 0.4) is 0 Å². The van der Waals surface area contributed by atoms with Crippen LogP contribution in [-0.2, 0) is 0 Å². The van der Waals surface area contributed by atoms with Crippen molar-refractivity contribution in [3.8, 4) is 0 Å². The first kappa shape index (κ1) is 8.01. The van der Waals surface area contributed by atoms with E-state index in [0.29, 0.717) is 15.0 Å². The number of rotatable bonds is 0. The van der Waals surface area contributed by atoms with Gasteiger partial charge in [0, 0.05) is 0 Å². The molecule has 0 N–H and O–H groups in total. The molecule has 0 saturated carbocycles. The van der Waals surface area contributed by atoms with Gasteiger partial charge >= 0.3 is 91.4 Å². The van der Waals surface area contributed by atoms with Crippen molar-refractivity contribution in [2.24, 2.45) is 0 Å². The summed E-state index contributed by atoms with van der Waals surface area (Å²) >= 11 is 4.21. The second kappa shape index (κ2) is 3.10. The molecule has 2 aromatic heterocycles. The predicted octanol–water partition coefficient (Wildman–Crippen LogP) is 1.95. The molecule has 0 fully saturated rings. The van der Waals surface area contributed by atoms with E-state index in [9.17, 15) is 0 Å². The third-order valence-electron chi connectivity index (χ3n) is 1.92. The van der Waals surface area contributed by atoms with Crippen molar-refractivity contribution >= 4 is 58.7 Å². The van der Waals surface area contributed by atoms with Crippen LogP contribution in [0, 0.1) is 0 Å². The number of hydrogen-bond donors (Lipinski definition) is 0. The van der Waals surface area contributed by atoms with Gasteiger partial charge in [-0.15, -0.1) is 0 Å². The summed E-state index contributed by atoms with van der Waals surface area (Å²) in [4.78, 5) is 2.90. The van der Waals surface area contributed by atoms with E-state index in [2.05, 4.69) is 35.0 Å². The van der Waals surface area contributed by atoms with Crippen LogP contribution in [0.5, 0.6) is 0 Å². The van der Waals surface area contributed by atoms with Gasteiger partial charge in [-0.3, -0.25) is 0 Å². The third-order valence-corrected chi connectivity index (χ3v) is 6.68. The normalized spacial score (nSPS) is 13.5. The second-order valence-electron chi connectivity index (χ2n) is 2.73. The molecule has 2 aromatic rings. The van der Waals surface area contributed by atoms with Crippen molar-refractivity contribution in [1.82, 2.24) is 0 Å². The Morgan fingerprint density at radius 1 is 0.846 bits per heavy atom. The molecule has 0 aliphatic carbocycles. The average Bonchev–Trinajstić information content (AvgIpc) is 2.72. The summed E-state index contributed by atoms with van der Waals surface area (Å²) in [6.45, 7) is 0. The van der Waals surface area contributed by atoms with Gasteiger partial charge in [-0.25, -0.2) is 0 Å². The van der Waals surface area contributed by atoms with E-state index in [-0.39, 0.29) is 0 Å². The molecule has 0 unspecified atom stereocenters. The molecular formula is C10H6S2Se. The Kier molecular flexibility index (Phi) is 1.91. The van der Waals surface area contributed by atoms with Crippen molar-refractivity contribution in [2.45, 2.75) is 0 Å². The fourth-order valence-corrected chi connectivity index (χ4v) is 5.87. The molecular weight excluding hydrogens is 263 g/mol. The molecule has 64 valence electrons. The van der Waals surface area contributed by atoms with Gasteiger partial charge in [-0.05, 0) is 0 Å². The van der Waals surface area contributed by atoms with Crippen molar-refractivity contribution in [2.75, 3.05) is 0 Å². The first-order valence-electron chi connectivity index (χ1n) is 3.94. The van der Waals surface area contributed by atoms with Gasteiger partial charge in [0.05, 0.1) is 0 Å². The molecule has 0 nitrogen and oxygen atoms in total. The Bertz CT molecular complexity index is 422. The van der Waals surface area contributed by atoms with E-state index in [4.69, 9.17) is 0 Å². The minimum atomic E-state index is 0.522. The maximum absolute atomic E-state index is 2.26. The SMILES string of the molecule is C1=Cc2sccc2[Se]c2ccsc21. The van der Waals surface area contributed by atoms with Crippen LogP contribution in [0.2, 0.25) is 0 Å². The van der Waals surface area contributed by atoms with Crippen molar-refractivity contribution < 1.29 is 0 Å². The summed E-state index contributed by atoms with van der Waals surface area (Å²) in [5, 5.41) is 4.38. The van der Waals surface area contributed by atoms with Crippen LogP contribution in [0.25, 0.3) is 12.2 Å². The third kappa shape index (κ3) is 1.32. The standard InChI is InChI=1S/C10H6S2Se/c1-2-8-10(4-6-12-8)13-9-3-5-11-7(1)9/h1-6H. The molecule has 0 spiro atoms. The molecule has 3 heteroatoms. The van der Waals surface area contributed by atoms with E-state index < -0.39 is 0 Å². The Balaban J connectivity index is 2.20. The fraction of sp³-hybridized carbons (Fsp3) is 0. The minimum absolute atomic E-state index is 0.522. The molecule has 0 atom stereocenters. The van der Waals surface area contributed by atoms with Crippen molar-refractivity contribution in [1.29, 1.82) is 0 Å². The summed E-state index contributed by atoms with van der Waals surface area (Å²) in [6, 6.07) is 4.52. The van der Waals surface area contributed by atoms with Gasteiger partial charge in [-0.2, -0.15) is 0 Å². The summed E-state index contributed by atoms with van der Waals surface area (Å²) in [5.74, 6) is 0. The zero-order chi connectivity index (χ0) is 8.67. The van der Waals surface area contributed by atoms with Crippen LogP contribution < -0.4 is 8.92 Å². The molecule has 1 aliphatic rings. The van der Waals surface area contributed by atoms with Gasteiger partial charge in [0.1, 0.15) is 0 Å². The molecule has 0 amide bonds. The van der Waals surface area contributed by atoms with Gasteiger partial charge < -0.3 is 0 Å². The second-order valence-corrected chi connectivity index (χ2v) is 6.90. The summed E-state index contributed by atoms with van der Waals surface area (Å²) < 4.78 is 3.07. The Morgan fingerprint density at radius 3 is 1.92 bits per heavy atom. The number of thiophene rings is 2. The van der Waals surface area contributed by atoms with Gasteiger partial charge in [0.2, 0.25) is 0 Å². The van der Waals surface area contributed by atoms with Crippen molar-refractivity contribution in [3.63, 3.8) is 0 Å². The van der Waals surface area contributed by atoms with E-state index in [1.54, 1.807) is 0 Å². The first-order valence-corrected chi connectivity index (χ1v) is 7.41. The van der Waals surface area contributed by atoms with Crippen LogP contribution >= 0.6 is 22.7 Å². The predicted molar refractivity (Wildman–Crippen MR) is 62.6 cm³/mol. The molecule has 3 rings (SSSR count). The number of hydrogen-bond acceptors (Lipinski definition) is 2. The van der Waals surface area contributed by atoms with Crippen LogP contribution in [-0.4, -0.2) is 15.0 Å². The molecule has 3 heterocycles. The quantitative estimate of drug-likeness (QED) is 0.547. The van der Waals surface area contributed by atoms with Gasteiger partial charge in [-0.1, -0.05) is 0 Å². The monoisotopic (exact) mass is 270 g/mol. The average molecular weight is 269 g/mol. The maximum atomic E-state index is 2.26. The summed E-state index contributed by atoms with van der Waals surface area (Å²) in [6.07, 6.45) is 4.51. The molecule has 13 heavy (non-hydrogen) atoms.